The average Bonchev–Trinajstić information content (AvgIpc) is 2.29. The highest BCUT2D eigenvalue weighted by Gasteiger charge is 2.19. The van der Waals surface area contributed by atoms with E-state index in [4.69, 9.17) is 0 Å². The van der Waals surface area contributed by atoms with Crippen molar-refractivity contribution in [2.24, 2.45) is 0 Å². The summed E-state index contributed by atoms with van der Waals surface area (Å²) in [6, 6.07) is -0.0598. The van der Waals surface area contributed by atoms with Gasteiger partial charge in [-0.3, -0.25) is 4.79 Å². The lowest BCUT2D eigenvalue weighted by Crippen LogP contribution is -2.47. The first-order chi connectivity index (χ1) is 7.60. The molecule has 0 atom stereocenters. The van der Waals surface area contributed by atoms with E-state index < -0.39 is 0 Å². The molecule has 0 fully saturated rings. The lowest BCUT2D eigenvalue weighted by Gasteiger charge is -2.28. The van der Waals surface area contributed by atoms with Crippen LogP contribution in [0.3, 0.4) is 0 Å². The van der Waals surface area contributed by atoms with Crippen molar-refractivity contribution < 1.29 is 9.59 Å². The molecule has 0 heterocycles. The zero-order chi connectivity index (χ0) is 12.6. The van der Waals surface area contributed by atoms with E-state index in [1.807, 2.05) is 20.8 Å². The number of hydrogen-bond donors (Lipinski definition) is 1. The summed E-state index contributed by atoms with van der Waals surface area (Å²) in [6.45, 7) is 7.96. The maximum absolute atomic E-state index is 12.0. The number of hydrogen-bond acceptors (Lipinski definition) is 2. The second kappa shape index (κ2) is 7.96. The number of amides is 3. The predicted molar refractivity (Wildman–Crippen MR) is 64.2 cm³/mol. The van der Waals surface area contributed by atoms with Gasteiger partial charge in [0.1, 0.15) is 6.54 Å². The number of carbonyl (C=O) groups is 2. The molecule has 94 valence electrons. The summed E-state index contributed by atoms with van der Waals surface area (Å²) < 4.78 is 0. The molecule has 0 aromatic carbocycles. The molecule has 0 rings (SSSR count). The number of likely N-dealkylation sites (N-methyl/N-ethyl adjacent to an activating group) is 1. The van der Waals surface area contributed by atoms with Gasteiger partial charge in [-0.15, -0.1) is 0 Å². The van der Waals surface area contributed by atoms with E-state index in [-0.39, 0.29) is 18.5 Å². The highest BCUT2D eigenvalue weighted by Crippen LogP contribution is 2.00. The van der Waals surface area contributed by atoms with Crippen LogP contribution in [0.1, 0.15) is 27.2 Å². The molecule has 16 heavy (non-hydrogen) atoms. The van der Waals surface area contributed by atoms with Crippen molar-refractivity contribution in [3.8, 4) is 0 Å². The van der Waals surface area contributed by atoms with Crippen LogP contribution in [0.4, 0.5) is 4.79 Å². The van der Waals surface area contributed by atoms with Gasteiger partial charge in [-0.1, -0.05) is 6.92 Å². The Labute approximate surface area is 97.8 Å². The second-order valence-corrected chi connectivity index (χ2v) is 3.55. The number of rotatable bonds is 6. The first kappa shape index (κ1) is 14.7. The SMILES string of the molecule is CCCN(CC(=O)NC)C(=O)N(CC)CC. The lowest BCUT2D eigenvalue weighted by atomic mass is 10.4. The van der Waals surface area contributed by atoms with Crippen LogP contribution in [0.15, 0.2) is 0 Å². The molecule has 0 spiro atoms. The van der Waals surface area contributed by atoms with Crippen molar-refractivity contribution in [3.05, 3.63) is 0 Å². The third-order valence-corrected chi connectivity index (χ3v) is 2.41. The minimum atomic E-state index is -0.131. The van der Waals surface area contributed by atoms with E-state index in [0.717, 1.165) is 6.42 Å². The molecule has 0 bridgehead atoms. The number of urea groups is 1. The summed E-state index contributed by atoms with van der Waals surface area (Å²) >= 11 is 0. The van der Waals surface area contributed by atoms with Gasteiger partial charge in [0.15, 0.2) is 0 Å². The smallest absolute Gasteiger partial charge is 0.320 e. The topological polar surface area (TPSA) is 52.7 Å². The quantitative estimate of drug-likeness (QED) is 0.736. The molecular formula is C11H23N3O2. The molecule has 0 aliphatic heterocycles. The maximum atomic E-state index is 12.0. The number of carbonyl (C=O) groups excluding carboxylic acids is 2. The molecule has 0 unspecified atom stereocenters. The van der Waals surface area contributed by atoms with Crippen LogP contribution in [0.25, 0.3) is 0 Å². The Morgan fingerprint density at radius 2 is 1.62 bits per heavy atom. The summed E-state index contributed by atoms with van der Waals surface area (Å²) in [4.78, 5) is 26.6. The highest BCUT2D eigenvalue weighted by molar-refractivity contribution is 5.83. The summed E-state index contributed by atoms with van der Waals surface area (Å²) in [5.41, 5.74) is 0. The van der Waals surface area contributed by atoms with E-state index in [1.54, 1.807) is 16.8 Å². The fourth-order valence-electron chi connectivity index (χ4n) is 1.46. The van der Waals surface area contributed by atoms with E-state index in [0.29, 0.717) is 19.6 Å². The van der Waals surface area contributed by atoms with Crippen molar-refractivity contribution in [3.63, 3.8) is 0 Å². The van der Waals surface area contributed by atoms with Gasteiger partial charge in [-0.05, 0) is 20.3 Å². The molecule has 3 amide bonds. The first-order valence-electron chi connectivity index (χ1n) is 5.85. The second-order valence-electron chi connectivity index (χ2n) is 3.55. The zero-order valence-corrected chi connectivity index (χ0v) is 10.7. The normalized spacial score (nSPS) is 9.75. The highest BCUT2D eigenvalue weighted by atomic mass is 16.2. The van der Waals surface area contributed by atoms with Gasteiger partial charge in [0, 0.05) is 26.7 Å². The van der Waals surface area contributed by atoms with Gasteiger partial charge in [0.2, 0.25) is 5.91 Å². The van der Waals surface area contributed by atoms with Gasteiger partial charge < -0.3 is 15.1 Å². The molecule has 0 aromatic heterocycles. The molecular weight excluding hydrogens is 206 g/mol. The number of nitrogens with zero attached hydrogens (tertiary/aromatic N) is 2. The van der Waals surface area contributed by atoms with Crippen molar-refractivity contribution in [1.82, 2.24) is 15.1 Å². The average molecular weight is 229 g/mol. The molecule has 0 saturated heterocycles. The van der Waals surface area contributed by atoms with Gasteiger partial charge in [0.05, 0.1) is 0 Å². The largest absolute Gasteiger partial charge is 0.358 e. The Bertz CT molecular complexity index is 227. The molecule has 1 N–H and O–H groups in total. The van der Waals surface area contributed by atoms with Crippen LogP contribution in [0.2, 0.25) is 0 Å². The van der Waals surface area contributed by atoms with Crippen molar-refractivity contribution in [2.45, 2.75) is 27.2 Å². The summed E-state index contributed by atoms with van der Waals surface area (Å²) in [6.07, 6.45) is 0.851. The molecule has 0 radical (unpaired) electrons. The Kier molecular flexibility index (Phi) is 7.33. The maximum Gasteiger partial charge on any atom is 0.320 e. The van der Waals surface area contributed by atoms with Gasteiger partial charge >= 0.3 is 6.03 Å². The Hall–Kier alpha value is -1.26. The standard InChI is InChI=1S/C11H23N3O2/c1-5-8-14(9-10(15)12-4)11(16)13(6-2)7-3/h5-9H2,1-4H3,(H,12,15). The molecule has 0 aliphatic carbocycles. The summed E-state index contributed by atoms with van der Waals surface area (Å²) in [7, 11) is 1.58. The summed E-state index contributed by atoms with van der Waals surface area (Å²) in [5.74, 6) is -0.131. The Morgan fingerprint density at radius 1 is 1.06 bits per heavy atom. The van der Waals surface area contributed by atoms with Crippen molar-refractivity contribution >= 4 is 11.9 Å². The lowest BCUT2D eigenvalue weighted by molar-refractivity contribution is -0.121. The minimum Gasteiger partial charge on any atom is -0.358 e. The minimum absolute atomic E-state index is 0.0598. The van der Waals surface area contributed by atoms with Crippen LogP contribution < -0.4 is 5.32 Å². The van der Waals surface area contributed by atoms with Gasteiger partial charge in [-0.2, -0.15) is 0 Å². The van der Waals surface area contributed by atoms with Gasteiger partial charge in [-0.25, -0.2) is 4.79 Å². The van der Waals surface area contributed by atoms with Crippen molar-refractivity contribution in [2.75, 3.05) is 33.2 Å². The monoisotopic (exact) mass is 229 g/mol. The zero-order valence-electron chi connectivity index (χ0n) is 10.7. The third-order valence-electron chi connectivity index (χ3n) is 2.41. The molecule has 5 nitrogen and oxygen atoms in total. The van der Waals surface area contributed by atoms with E-state index in [1.165, 1.54) is 0 Å². The van der Waals surface area contributed by atoms with E-state index in [9.17, 15) is 9.59 Å². The Balaban J connectivity index is 4.50. The molecule has 0 saturated carbocycles. The first-order valence-corrected chi connectivity index (χ1v) is 5.85. The van der Waals surface area contributed by atoms with Gasteiger partial charge in [0.25, 0.3) is 0 Å². The molecule has 5 heteroatoms. The Morgan fingerprint density at radius 3 is 2.00 bits per heavy atom. The van der Waals surface area contributed by atoms with E-state index in [2.05, 4.69) is 5.32 Å². The number of nitrogens with one attached hydrogen (secondary N) is 1. The predicted octanol–water partition coefficient (Wildman–Crippen LogP) is 0.906. The fraction of sp³-hybridized carbons (Fsp3) is 0.818. The summed E-state index contributed by atoms with van der Waals surface area (Å²) in [5, 5.41) is 2.53. The molecule has 0 aliphatic rings. The van der Waals surface area contributed by atoms with E-state index >= 15 is 0 Å². The van der Waals surface area contributed by atoms with Crippen LogP contribution in [0.5, 0.6) is 0 Å². The van der Waals surface area contributed by atoms with Crippen molar-refractivity contribution in [1.29, 1.82) is 0 Å². The van der Waals surface area contributed by atoms with Crippen LogP contribution in [-0.2, 0) is 4.79 Å². The fourth-order valence-corrected chi connectivity index (χ4v) is 1.46. The van der Waals surface area contributed by atoms with Crippen LogP contribution in [-0.4, -0.2) is 55.0 Å². The third kappa shape index (κ3) is 4.51. The molecule has 0 aromatic rings. The van der Waals surface area contributed by atoms with Crippen LogP contribution in [0, 0.1) is 0 Å². The van der Waals surface area contributed by atoms with Crippen LogP contribution >= 0.6 is 0 Å².